The lowest BCUT2D eigenvalue weighted by molar-refractivity contribution is 0.0866. The first-order chi connectivity index (χ1) is 8.57. The summed E-state index contributed by atoms with van der Waals surface area (Å²) in [6.07, 6.45) is 1.58. The minimum absolute atomic E-state index is 0.0416. The SMILES string of the molecule is CONCc1cc(F)c(S(C)(=O)=O)c(S(C)(=O)=O)c1. The van der Waals surface area contributed by atoms with E-state index in [1.165, 1.54) is 7.11 Å². The van der Waals surface area contributed by atoms with Crippen LogP contribution in [0.1, 0.15) is 5.56 Å². The molecule has 9 heteroatoms. The number of benzene rings is 1. The van der Waals surface area contributed by atoms with E-state index in [9.17, 15) is 21.2 Å². The molecule has 0 heterocycles. The van der Waals surface area contributed by atoms with Gasteiger partial charge in [-0.05, 0) is 17.7 Å². The van der Waals surface area contributed by atoms with Gasteiger partial charge in [0.2, 0.25) is 0 Å². The van der Waals surface area contributed by atoms with Crippen LogP contribution in [0.15, 0.2) is 21.9 Å². The smallest absolute Gasteiger partial charge is 0.179 e. The molecule has 0 saturated heterocycles. The number of hydroxylamine groups is 1. The second kappa shape index (κ2) is 5.53. The molecule has 0 unspecified atom stereocenters. The second-order valence-electron chi connectivity index (χ2n) is 3.97. The minimum Gasteiger partial charge on any atom is -0.305 e. The molecule has 0 saturated carbocycles. The Morgan fingerprint density at radius 3 is 2.16 bits per heavy atom. The third kappa shape index (κ3) is 3.96. The third-order valence-corrected chi connectivity index (χ3v) is 4.67. The van der Waals surface area contributed by atoms with Crippen molar-refractivity contribution >= 4 is 19.7 Å². The molecule has 1 aromatic carbocycles. The first kappa shape index (κ1) is 16.0. The van der Waals surface area contributed by atoms with Crippen molar-refractivity contribution in [3.05, 3.63) is 23.5 Å². The lowest BCUT2D eigenvalue weighted by atomic mass is 10.2. The van der Waals surface area contributed by atoms with Crippen LogP contribution in [0.2, 0.25) is 0 Å². The first-order valence-electron chi connectivity index (χ1n) is 5.05. The molecule has 0 radical (unpaired) electrons. The molecular formula is C10H14FNO5S2. The van der Waals surface area contributed by atoms with Gasteiger partial charge in [0.1, 0.15) is 10.7 Å². The molecule has 1 rings (SSSR count). The number of halogens is 1. The average molecular weight is 311 g/mol. The van der Waals surface area contributed by atoms with Crippen LogP contribution in [0, 0.1) is 5.82 Å². The largest absolute Gasteiger partial charge is 0.305 e. The summed E-state index contributed by atoms with van der Waals surface area (Å²) in [5.41, 5.74) is 2.67. The summed E-state index contributed by atoms with van der Waals surface area (Å²) in [4.78, 5) is 3.21. The Kier molecular flexibility index (Phi) is 4.67. The van der Waals surface area contributed by atoms with Gasteiger partial charge in [-0.15, -0.1) is 0 Å². The summed E-state index contributed by atoms with van der Waals surface area (Å²) in [6.45, 7) is 0.0416. The van der Waals surface area contributed by atoms with Crippen LogP contribution in [-0.4, -0.2) is 36.5 Å². The van der Waals surface area contributed by atoms with E-state index in [4.69, 9.17) is 0 Å². The molecule has 108 valence electrons. The van der Waals surface area contributed by atoms with Gasteiger partial charge in [0.05, 0.1) is 12.0 Å². The number of rotatable bonds is 5. The summed E-state index contributed by atoms with van der Waals surface area (Å²) in [7, 11) is -6.52. The molecule has 0 aliphatic carbocycles. The highest BCUT2D eigenvalue weighted by molar-refractivity contribution is 7.93. The van der Waals surface area contributed by atoms with E-state index in [1.807, 2.05) is 0 Å². The van der Waals surface area contributed by atoms with Gasteiger partial charge in [-0.2, -0.15) is 5.48 Å². The topological polar surface area (TPSA) is 89.5 Å². The van der Waals surface area contributed by atoms with Gasteiger partial charge in [0.25, 0.3) is 0 Å². The Hall–Kier alpha value is -1.03. The Morgan fingerprint density at radius 2 is 1.74 bits per heavy atom. The van der Waals surface area contributed by atoms with Gasteiger partial charge >= 0.3 is 0 Å². The summed E-state index contributed by atoms with van der Waals surface area (Å²) >= 11 is 0. The number of sulfone groups is 2. The Morgan fingerprint density at radius 1 is 1.16 bits per heavy atom. The fourth-order valence-electron chi connectivity index (χ4n) is 1.51. The maximum Gasteiger partial charge on any atom is 0.179 e. The van der Waals surface area contributed by atoms with Crippen molar-refractivity contribution in [1.82, 2.24) is 5.48 Å². The average Bonchev–Trinajstić information content (AvgIpc) is 2.22. The van der Waals surface area contributed by atoms with Crippen molar-refractivity contribution in [2.24, 2.45) is 0 Å². The predicted molar refractivity (Wildman–Crippen MR) is 66.5 cm³/mol. The van der Waals surface area contributed by atoms with Crippen LogP contribution in [0.5, 0.6) is 0 Å². The molecule has 0 bridgehead atoms. The Bertz CT molecular complexity index is 682. The molecule has 0 aliphatic heterocycles. The highest BCUT2D eigenvalue weighted by Crippen LogP contribution is 2.26. The van der Waals surface area contributed by atoms with Crippen LogP contribution in [-0.2, 0) is 31.1 Å². The van der Waals surface area contributed by atoms with Crippen molar-refractivity contribution in [2.45, 2.75) is 16.3 Å². The zero-order chi connectivity index (χ0) is 14.8. The van der Waals surface area contributed by atoms with Crippen LogP contribution in [0.3, 0.4) is 0 Å². The zero-order valence-electron chi connectivity index (χ0n) is 10.6. The van der Waals surface area contributed by atoms with E-state index in [0.29, 0.717) is 0 Å². The van der Waals surface area contributed by atoms with Crippen molar-refractivity contribution in [2.75, 3.05) is 19.6 Å². The highest BCUT2D eigenvalue weighted by atomic mass is 32.2. The van der Waals surface area contributed by atoms with E-state index in [2.05, 4.69) is 10.3 Å². The van der Waals surface area contributed by atoms with Gasteiger partial charge in [-0.1, -0.05) is 0 Å². The molecule has 6 nitrogen and oxygen atoms in total. The highest BCUT2D eigenvalue weighted by Gasteiger charge is 2.25. The van der Waals surface area contributed by atoms with Gasteiger partial charge in [0, 0.05) is 19.1 Å². The lowest BCUT2D eigenvalue weighted by Crippen LogP contribution is -2.15. The van der Waals surface area contributed by atoms with Crippen molar-refractivity contribution in [3.8, 4) is 0 Å². The fraction of sp³-hybridized carbons (Fsp3) is 0.400. The van der Waals surface area contributed by atoms with Crippen molar-refractivity contribution in [1.29, 1.82) is 0 Å². The van der Waals surface area contributed by atoms with Crippen LogP contribution in [0.25, 0.3) is 0 Å². The Labute approximate surface area is 111 Å². The number of hydrogen-bond acceptors (Lipinski definition) is 6. The van der Waals surface area contributed by atoms with E-state index >= 15 is 0 Å². The second-order valence-corrected chi connectivity index (χ2v) is 7.91. The monoisotopic (exact) mass is 311 g/mol. The first-order valence-corrected chi connectivity index (χ1v) is 8.84. The summed E-state index contributed by atoms with van der Waals surface area (Å²) < 4.78 is 60.0. The van der Waals surface area contributed by atoms with Gasteiger partial charge in [-0.3, -0.25) is 0 Å². The summed E-state index contributed by atoms with van der Waals surface area (Å²) in [5, 5.41) is 0. The lowest BCUT2D eigenvalue weighted by Gasteiger charge is -2.10. The number of hydrogen-bond donors (Lipinski definition) is 1. The maximum absolute atomic E-state index is 13.9. The van der Waals surface area contributed by atoms with E-state index in [1.54, 1.807) is 0 Å². The zero-order valence-corrected chi connectivity index (χ0v) is 12.2. The molecule has 1 aromatic rings. The molecule has 0 fully saturated rings. The molecule has 0 aromatic heterocycles. The van der Waals surface area contributed by atoms with Crippen molar-refractivity contribution < 1.29 is 26.1 Å². The van der Waals surface area contributed by atoms with Gasteiger partial charge in [0.15, 0.2) is 19.7 Å². The van der Waals surface area contributed by atoms with E-state index in [-0.39, 0.29) is 12.1 Å². The molecule has 0 atom stereocenters. The quantitative estimate of drug-likeness (QED) is 0.786. The summed E-state index contributed by atoms with van der Waals surface area (Å²) in [6, 6.07) is 2.07. The van der Waals surface area contributed by atoms with E-state index < -0.39 is 35.3 Å². The van der Waals surface area contributed by atoms with Gasteiger partial charge < -0.3 is 4.84 Å². The molecular weight excluding hydrogens is 297 g/mol. The van der Waals surface area contributed by atoms with Crippen molar-refractivity contribution in [3.63, 3.8) is 0 Å². The normalized spacial score (nSPS) is 12.6. The maximum atomic E-state index is 13.9. The van der Waals surface area contributed by atoms with Crippen LogP contribution in [0.4, 0.5) is 4.39 Å². The fourth-order valence-corrected chi connectivity index (χ4v) is 4.06. The third-order valence-electron chi connectivity index (χ3n) is 2.26. The molecule has 1 N–H and O–H groups in total. The predicted octanol–water partition coefficient (Wildman–Crippen LogP) is 0.284. The molecule has 0 amide bonds. The van der Waals surface area contributed by atoms with Gasteiger partial charge in [-0.25, -0.2) is 21.2 Å². The molecule has 0 aliphatic rings. The summed E-state index contributed by atoms with van der Waals surface area (Å²) in [5.74, 6) is -1.10. The minimum atomic E-state index is -3.99. The van der Waals surface area contributed by atoms with E-state index in [0.717, 1.165) is 24.6 Å². The standard InChI is InChI=1S/C10H14FNO5S2/c1-17-12-6-7-4-8(11)10(19(3,15)16)9(5-7)18(2,13)14/h4-5,12H,6H2,1-3H3. The molecule has 0 spiro atoms. The van der Waals surface area contributed by atoms with Crippen LogP contribution >= 0.6 is 0 Å². The molecule has 19 heavy (non-hydrogen) atoms. The van der Waals surface area contributed by atoms with Crippen LogP contribution < -0.4 is 5.48 Å². The number of nitrogens with one attached hydrogen (secondary N) is 1. The Balaban J connectivity index is 3.58.